The fraction of sp³-hybridized carbons (Fsp3) is 0.538. The van der Waals surface area contributed by atoms with Crippen LogP contribution in [0.1, 0.15) is 17.4 Å². The molecule has 1 unspecified atom stereocenters. The summed E-state index contributed by atoms with van der Waals surface area (Å²) in [7, 11) is 2.00. The fourth-order valence-electron chi connectivity index (χ4n) is 2.12. The van der Waals surface area contributed by atoms with Crippen molar-refractivity contribution in [3.8, 4) is 0 Å². The normalized spacial score (nSPS) is 18.3. The van der Waals surface area contributed by atoms with E-state index in [-0.39, 0.29) is 18.0 Å². The molecule has 2 rings (SSSR count). The third-order valence-electron chi connectivity index (χ3n) is 3.64. The summed E-state index contributed by atoms with van der Waals surface area (Å²) in [5, 5.41) is 4.73. The number of nitrogens with one attached hydrogen (secondary N) is 2. The molecular weight excluding hydrogens is 262 g/mol. The van der Waals surface area contributed by atoms with Crippen molar-refractivity contribution in [3.63, 3.8) is 0 Å². The highest BCUT2D eigenvalue weighted by Crippen LogP contribution is 2.13. The van der Waals surface area contributed by atoms with Crippen LogP contribution in [-0.2, 0) is 11.3 Å². The van der Waals surface area contributed by atoms with E-state index in [1.165, 1.54) is 15.3 Å². The van der Waals surface area contributed by atoms with E-state index in [1.54, 1.807) is 11.3 Å². The molecule has 1 fully saturated rings. The summed E-state index contributed by atoms with van der Waals surface area (Å²) in [6.45, 7) is 5.81. The number of urea groups is 1. The van der Waals surface area contributed by atoms with Crippen molar-refractivity contribution in [2.75, 3.05) is 20.1 Å². The number of carbonyl (C=O) groups is 2. The molecule has 0 saturated carbocycles. The van der Waals surface area contributed by atoms with Crippen molar-refractivity contribution in [1.82, 2.24) is 10.2 Å². The van der Waals surface area contributed by atoms with Gasteiger partial charge in [0, 0.05) is 13.1 Å². The quantitative estimate of drug-likeness (QED) is 0.817. The zero-order valence-electron chi connectivity index (χ0n) is 11.5. The minimum atomic E-state index is -0.267. The van der Waals surface area contributed by atoms with E-state index in [4.69, 9.17) is 0 Å². The van der Waals surface area contributed by atoms with Crippen LogP contribution in [0.5, 0.6) is 0 Å². The molecule has 6 heteroatoms. The number of carbonyl (C=O) groups excluding carboxylic acids is 2. The van der Waals surface area contributed by atoms with Gasteiger partial charge in [0.25, 0.3) is 5.91 Å². The number of nitrogens with zero attached hydrogens (tertiary/aromatic N) is 1. The van der Waals surface area contributed by atoms with Crippen LogP contribution in [0, 0.1) is 6.92 Å². The number of amides is 3. The first-order valence-corrected chi connectivity index (χ1v) is 7.33. The zero-order chi connectivity index (χ0) is 14.0. The number of imide groups is 1. The summed E-state index contributed by atoms with van der Waals surface area (Å²) in [6, 6.07) is 1.61. The van der Waals surface area contributed by atoms with Gasteiger partial charge in [0.15, 0.2) is 6.04 Å². The summed E-state index contributed by atoms with van der Waals surface area (Å²) >= 11 is 1.71. The van der Waals surface area contributed by atoms with Gasteiger partial charge in [0.1, 0.15) is 6.54 Å². The molecule has 1 aromatic rings. The SMILES string of the molecule is Cc1ccsc1C[NH+](C)[C@@H](C)C(=O)N1CCNC1=O. The van der Waals surface area contributed by atoms with Crippen LogP contribution in [0.4, 0.5) is 4.79 Å². The van der Waals surface area contributed by atoms with Gasteiger partial charge in [0.05, 0.1) is 11.9 Å². The van der Waals surface area contributed by atoms with Crippen LogP contribution in [0.15, 0.2) is 11.4 Å². The predicted molar refractivity (Wildman–Crippen MR) is 74.2 cm³/mol. The Morgan fingerprint density at radius 3 is 2.89 bits per heavy atom. The van der Waals surface area contributed by atoms with Crippen LogP contribution < -0.4 is 10.2 Å². The monoisotopic (exact) mass is 282 g/mol. The lowest BCUT2D eigenvalue weighted by Gasteiger charge is -2.23. The molecule has 0 bridgehead atoms. The molecule has 3 amide bonds. The van der Waals surface area contributed by atoms with E-state index in [9.17, 15) is 9.59 Å². The summed E-state index contributed by atoms with van der Waals surface area (Å²) in [4.78, 5) is 27.5. The third-order valence-corrected chi connectivity index (χ3v) is 4.66. The van der Waals surface area contributed by atoms with E-state index in [2.05, 4.69) is 23.7 Å². The van der Waals surface area contributed by atoms with Crippen LogP contribution in [-0.4, -0.2) is 43.0 Å². The second-order valence-electron chi connectivity index (χ2n) is 4.99. The second kappa shape index (κ2) is 5.71. The van der Waals surface area contributed by atoms with Gasteiger partial charge in [0.2, 0.25) is 0 Å². The van der Waals surface area contributed by atoms with Crippen molar-refractivity contribution in [1.29, 1.82) is 0 Å². The van der Waals surface area contributed by atoms with Gasteiger partial charge < -0.3 is 10.2 Å². The third kappa shape index (κ3) is 2.96. The van der Waals surface area contributed by atoms with E-state index in [0.717, 1.165) is 11.4 Å². The number of quaternary nitrogens is 1. The number of hydrogen-bond donors (Lipinski definition) is 2. The maximum atomic E-state index is 12.3. The maximum absolute atomic E-state index is 12.3. The van der Waals surface area contributed by atoms with Gasteiger partial charge in [-0.05, 0) is 30.9 Å². The van der Waals surface area contributed by atoms with Gasteiger partial charge in [-0.2, -0.15) is 0 Å². The van der Waals surface area contributed by atoms with Crippen LogP contribution in [0.2, 0.25) is 0 Å². The van der Waals surface area contributed by atoms with E-state index >= 15 is 0 Å². The molecule has 1 aliphatic heterocycles. The smallest absolute Gasteiger partial charge is 0.324 e. The maximum Gasteiger partial charge on any atom is 0.324 e. The summed E-state index contributed by atoms with van der Waals surface area (Å²) in [5.41, 5.74) is 1.27. The first kappa shape index (κ1) is 14.0. The van der Waals surface area contributed by atoms with E-state index < -0.39 is 0 Å². The Kier molecular flexibility index (Phi) is 4.21. The Morgan fingerprint density at radius 2 is 2.37 bits per heavy atom. The van der Waals surface area contributed by atoms with Crippen LogP contribution in [0.25, 0.3) is 0 Å². The average molecular weight is 282 g/mol. The second-order valence-corrected chi connectivity index (χ2v) is 5.99. The molecule has 1 aliphatic rings. The Balaban J connectivity index is 1.98. The molecule has 1 saturated heterocycles. The number of thiophene rings is 1. The van der Waals surface area contributed by atoms with E-state index in [0.29, 0.717) is 13.1 Å². The highest BCUT2D eigenvalue weighted by Gasteiger charge is 2.33. The van der Waals surface area contributed by atoms with Crippen molar-refractivity contribution >= 4 is 23.3 Å². The highest BCUT2D eigenvalue weighted by molar-refractivity contribution is 7.10. The molecular formula is C13H20N3O2S+. The molecule has 2 atom stereocenters. The number of aryl methyl sites for hydroxylation is 1. The van der Waals surface area contributed by atoms with E-state index in [1.807, 2.05) is 14.0 Å². The molecule has 0 aliphatic carbocycles. The fourth-order valence-corrected chi connectivity index (χ4v) is 3.12. The lowest BCUT2D eigenvalue weighted by Crippen LogP contribution is -3.12. The lowest BCUT2D eigenvalue weighted by atomic mass is 10.2. The molecule has 19 heavy (non-hydrogen) atoms. The number of likely N-dealkylation sites (N-methyl/N-ethyl adjacent to an activating group) is 1. The average Bonchev–Trinajstić information content (AvgIpc) is 2.97. The first-order chi connectivity index (χ1) is 9.00. The van der Waals surface area contributed by atoms with Crippen molar-refractivity contribution in [3.05, 3.63) is 21.9 Å². The summed E-state index contributed by atoms with van der Waals surface area (Å²) in [6.07, 6.45) is 0. The summed E-state index contributed by atoms with van der Waals surface area (Å²) in [5.74, 6) is -0.0956. The minimum absolute atomic E-state index is 0.0956. The standard InChI is InChI=1S/C13H19N3O2S/c1-9-4-7-19-11(9)8-15(3)10(2)12(17)16-6-5-14-13(16)18/h4,7,10H,5-6,8H2,1-3H3,(H,14,18)/p+1/t10-/m0/s1. The Hall–Kier alpha value is -1.40. The number of hydrogen-bond acceptors (Lipinski definition) is 3. The lowest BCUT2D eigenvalue weighted by molar-refractivity contribution is -0.908. The summed E-state index contributed by atoms with van der Waals surface area (Å²) < 4.78 is 0. The predicted octanol–water partition coefficient (Wildman–Crippen LogP) is 0.0115. The van der Waals surface area contributed by atoms with Gasteiger partial charge in [-0.15, -0.1) is 11.3 Å². The molecule has 0 radical (unpaired) electrons. The van der Waals surface area contributed by atoms with Gasteiger partial charge in [-0.25, -0.2) is 4.79 Å². The zero-order valence-corrected chi connectivity index (χ0v) is 12.3. The molecule has 2 heterocycles. The Bertz CT molecular complexity index is 486. The largest absolute Gasteiger partial charge is 0.336 e. The first-order valence-electron chi connectivity index (χ1n) is 6.45. The molecule has 104 valence electrons. The molecule has 2 N–H and O–H groups in total. The van der Waals surface area contributed by atoms with Crippen molar-refractivity contribution in [2.24, 2.45) is 0 Å². The van der Waals surface area contributed by atoms with Gasteiger partial charge >= 0.3 is 6.03 Å². The van der Waals surface area contributed by atoms with Crippen LogP contribution in [0.3, 0.4) is 0 Å². The van der Waals surface area contributed by atoms with Gasteiger partial charge in [-0.3, -0.25) is 9.69 Å². The molecule has 5 nitrogen and oxygen atoms in total. The Morgan fingerprint density at radius 1 is 1.63 bits per heavy atom. The topological polar surface area (TPSA) is 53.9 Å². The molecule has 1 aromatic heterocycles. The van der Waals surface area contributed by atoms with Crippen molar-refractivity contribution in [2.45, 2.75) is 26.4 Å². The van der Waals surface area contributed by atoms with Crippen molar-refractivity contribution < 1.29 is 14.5 Å². The molecule has 0 spiro atoms. The van der Waals surface area contributed by atoms with Gasteiger partial charge in [-0.1, -0.05) is 0 Å². The Labute approximate surface area is 117 Å². The van der Waals surface area contributed by atoms with Crippen LogP contribution >= 0.6 is 11.3 Å². The minimum Gasteiger partial charge on any atom is -0.336 e. The highest BCUT2D eigenvalue weighted by atomic mass is 32.1. The number of rotatable bonds is 4. The molecule has 0 aromatic carbocycles.